The lowest BCUT2D eigenvalue weighted by atomic mass is 10.0. The molecule has 0 spiro atoms. The molecule has 0 saturated heterocycles. The molecule has 2 atom stereocenters. The molecular formula is C15H24N2O. The molecule has 100 valence electrons. The second kappa shape index (κ2) is 6.55. The van der Waals surface area contributed by atoms with E-state index in [9.17, 15) is 4.79 Å². The van der Waals surface area contributed by atoms with E-state index in [2.05, 4.69) is 20.8 Å². The van der Waals surface area contributed by atoms with Gasteiger partial charge in [-0.2, -0.15) is 0 Å². The van der Waals surface area contributed by atoms with Crippen molar-refractivity contribution in [1.82, 2.24) is 4.90 Å². The first-order chi connectivity index (χ1) is 8.43. The second-order valence-electron chi connectivity index (χ2n) is 5.23. The van der Waals surface area contributed by atoms with Crippen LogP contribution in [0.5, 0.6) is 0 Å². The lowest BCUT2D eigenvalue weighted by Gasteiger charge is -2.30. The zero-order chi connectivity index (χ0) is 13.7. The summed E-state index contributed by atoms with van der Waals surface area (Å²) in [6, 6.07) is 9.64. The van der Waals surface area contributed by atoms with Crippen molar-refractivity contribution in [3.63, 3.8) is 0 Å². The molecule has 0 fully saturated rings. The third kappa shape index (κ3) is 3.84. The Kier molecular flexibility index (Phi) is 5.35. The van der Waals surface area contributed by atoms with E-state index in [4.69, 9.17) is 5.73 Å². The Morgan fingerprint density at radius 2 is 1.78 bits per heavy atom. The van der Waals surface area contributed by atoms with Gasteiger partial charge in [-0.15, -0.1) is 0 Å². The number of nitrogens with two attached hydrogens (primary N) is 1. The number of carbonyl (C=O) groups is 1. The van der Waals surface area contributed by atoms with Crippen LogP contribution >= 0.6 is 0 Å². The smallest absolute Gasteiger partial charge is 0.239 e. The number of hydrogen-bond donors (Lipinski definition) is 1. The molecule has 0 saturated carbocycles. The molecular weight excluding hydrogens is 224 g/mol. The zero-order valence-corrected chi connectivity index (χ0v) is 11.8. The van der Waals surface area contributed by atoms with E-state index < -0.39 is 6.04 Å². The molecule has 3 nitrogen and oxygen atoms in total. The van der Waals surface area contributed by atoms with Crippen LogP contribution in [0.4, 0.5) is 0 Å². The van der Waals surface area contributed by atoms with Gasteiger partial charge in [0.15, 0.2) is 0 Å². The van der Waals surface area contributed by atoms with Crippen molar-refractivity contribution in [2.24, 2.45) is 11.7 Å². The van der Waals surface area contributed by atoms with Gasteiger partial charge in [0.05, 0.1) is 6.04 Å². The molecule has 0 bridgehead atoms. The van der Waals surface area contributed by atoms with E-state index in [0.717, 1.165) is 5.56 Å². The molecule has 1 rings (SSSR count). The van der Waals surface area contributed by atoms with Crippen molar-refractivity contribution >= 4 is 5.91 Å². The third-order valence-corrected chi connectivity index (χ3v) is 3.54. The molecule has 2 N–H and O–H groups in total. The van der Waals surface area contributed by atoms with E-state index in [1.165, 1.54) is 0 Å². The van der Waals surface area contributed by atoms with Gasteiger partial charge in [-0.1, -0.05) is 44.2 Å². The maximum Gasteiger partial charge on any atom is 0.239 e. The van der Waals surface area contributed by atoms with Crippen LogP contribution in [-0.4, -0.2) is 29.9 Å². The van der Waals surface area contributed by atoms with Gasteiger partial charge in [0.25, 0.3) is 0 Å². The van der Waals surface area contributed by atoms with Crippen molar-refractivity contribution < 1.29 is 4.79 Å². The van der Waals surface area contributed by atoms with Crippen LogP contribution in [0.2, 0.25) is 0 Å². The lowest BCUT2D eigenvalue weighted by Crippen LogP contribution is -2.48. The van der Waals surface area contributed by atoms with E-state index >= 15 is 0 Å². The van der Waals surface area contributed by atoms with Gasteiger partial charge >= 0.3 is 0 Å². The van der Waals surface area contributed by atoms with Gasteiger partial charge in [0.2, 0.25) is 5.91 Å². The number of carbonyl (C=O) groups excluding carboxylic acids is 1. The average molecular weight is 248 g/mol. The molecule has 0 heterocycles. The van der Waals surface area contributed by atoms with Crippen LogP contribution in [0, 0.1) is 5.92 Å². The van der Waals surface area contributed by atoms with E-state index in [-0.39, 0.29) is 11.9 Å². The van der Waals surface area contributed by atoms with E-state index in [0.29, 0.717) is 12.3 Å². The highest BCUT2D eigenvalue weighted by atomic mass is 16.2. The number of amides is 1. The summed E-state index contributed by atoms with van der Waals surface area (Å²) >= 11 is 0. The predicted molar refractivity (Wildman–Crippen MR) is 75.2 cm³/mol. The highest BCUT2D eigenvalue weighted by Gasteiger charge is 2.23. The summed E-state index contributed by atoms with van der Waals surface area (Å²) in [6.45, 7) is 6.27. The fourth-order valence-electron chi connectivity index (χ4n) is 1.86. The Hall–Kier alpha value is -1.35. The molecule has 0 aliphatic rings. The molecule has 18 heavy (non-hydrogen) atoms. The zero-order valence-electron chi connectivity index (χ0n) is 11.8. The monoisotopic (exact) mass is 248 g/mol. The van der Waals surface area contributed by atoms with Crippen LogP contribution in [0.25, 0.3) is 0 Å². The van der Waals surface area contributed by atoms with Crippen LogP contribution in [0.1, 0.15) is 26.3 Å². The van der Waals surface area contributed by atoms with E-state index in [1.54, 1.807) is 4.90 Å². The number of rotatable bonds is 5. The quantitative estimate of drug-likeness (QED) is 0.867. The summed E-state index contributed by atoms with van der Waals surface area (Å²) in [5, 5.41) is 0. The molecule has 1 amide bonds. The van der Waals surface area contributed by atoms with Crippen molar-refractivity contribution in [1.29, 1.82) is 0 Å². The molecule has 1 unspecified atom stereocenters. The normalized spacial score (nSPS) is 14.3. The minimum absolute atomic E-state index is 0.0139. The summed E-state index contributed by atoms with van der Waals surface area (Å²) in [5.41, 5.74) is 7.10. The van der Waals surface area contributed by atoms with Gasteiger partial charge in [0.1, 0.15) is 0 Å². The maximum absolute atomic E-state index is 12.2. The first kappa shape index (κ1) is 14.7. The van der Waals surface area contributed by atoms with Crippen LogP contribution in [0.15, 0.2) is 30.3 Å². The predicted octanol–water partition coefficient (Wildman–Crippen LogP) is 2.06. The highest BCUT2D eigenvalue weighted by Crippen LogP contribution is 2.10. The first-order valence-corrected chi connectivity index (χ1v) is 6.49. The number of nitrogens with zero attached hydrogens (tertiary/aromatic N) is 1. The molecule has 1 aromatic rings. The maximum atomic E-state index is 12.2. The molecule has 3 heteroatoms. The molecule has 1 aromatic carbocycles. The standard InChI is InChI=1S/C15H24N2O/c1-11(2)12(3)17(4)15(18)14(16)10-13-8-6-5-7-9-13/h5-9,11-12,14H,10,16H2,1-4H3/t12?,14-/m0/s1. The number of hydrogen-bond acceptors (Lipinski definition) is 2. The summed E-state index contributed by atoms with van der Waals surface area (Å²) < 4.78 is 0. The lowest BCUT2D eigenvalue weighted by molar-refractivity contribution is -0.133. The fourth-order valence-corrected chi connectivity index (χ4v) is 1.86. The SMILES string of the molecule is CC(C)C(C)N(C)C(=O)[C@@H](N)Cc1ccccc1. The van der Waals surface area contributed by atoms with Gasteiger partial charge in [-0.25, -0.2) is 0 Å². The van der Waals surface area contributed by atoms with Crippen molar-refractivity contribution in [2.75, 3.05) is 7.05 Å². The van der Waals surface area contributed by atoms with Crippen molar-refractivity contribution in [2.45, 2.75) is 39.3 Å². The van der Waals surface area contributed by atoms with Gasteiger partial charge in [0, 0.05) is 13.1 Å². The van der Waals surface area contributed by atoms with E-state index in [1.807, 2.05) is 37.4 Å². The van der Waals surface area contributed by atoms with Gasteiger partial charge in [-0.05, 0) is 24.8 Å². The Labute approximate surface area is 110 Å². The van der Waals surface area contributed by atoms with Gasteiger partial charge in [-0.3, -0.25) is 4.79 Å². The summed E-state index contributed by atoms with van der Waals surface area (Å²) in [7, 11) is 1.83. The Bertz CT molecular complexity index is 375. The minimum Gasteiger partial charge on any atom is -0.341 e. The van der Waals surface area contributed by atoms with Crippen molar-refractivity contribution in [3.05, 3.63) is 35.9 Å². The highest BCUT2D eigenvalue weighted by molar-refractivity contribution is 5.82. The Balaban J connectivity index is 2.61. The summed E-state index contributed by atoms with van der Waals surface area (Å²) in [6.07, 6.45) is 0.592. The third-order valence-electron chi connectivity index (χ3n) is 3.54. The second-order valence-corrected chi connectivity index (χ2v) is 5.23. The fraction of sp³-hybridized carbons (Fsp3) is 0.533. The molecule has 0 radical (unpaired) electrons. The molecule has 0 aliphatic carbocycles. The topological polar surface area (TPSA) is 46.3 Å². The summed E-state index contributed by atoms with van der Waals surface area (Å²) in [4.78, 5) is 14.0. The summed E-state index contributed by atoms with van der Waals surface area (Å²) in [5.74, 6) is 0.447. The number of benzene rings is 1. The molecule has 0 aliphatic heterocycles. The Morgan fingerprint density at radius 1 is 1.22 bits per heavy atom. The average Bonchev–Trinajstić information content (AvgIpc) is 2.37. The molecule has 0 aromatic heterocycles. The van der Waals surface area contributed by atoms with Crippen LogP contribution in [0.3, 0.4) is 0 Å². The van der Waals surface area contributed by atoms with Crippen LogP contribution < -0.4 is 5.73 Å². The first-order valence-electron chi connectivity index (χ1n) is 6.49. The Morgan fingerprint density at radius 3 is 2.28 bits per heavy atom. The number of likely N-dealkylation sites (N-methyl/N-ethyl adjacent to an activating group) is 1. The largest absolute Gasteiger partial charge is 0.341 e. The van der Waals surface area contributed by atoms with Gasteiger partial charge < -0.3 is 10.6 Å². The van der Waals surface area contributed by atoms with Crippen LogP contribution in [-0.2, 0) is 11.2 Å². The van der Waals surface area contributed by atoms with Crippen molar-refractivity contribution in [3.8, 4) is 0 Å². The minimum atomic E-state index is -0.460.